The highest BCUT2D eigenvalue weighted by molar-refractivity contribution is 8.01. The maximum atomic E-state index is 13.3. The Kier molecular flexibility index (Phi) is 8.04. The fourth-order valence-electron chi connectivity index (χ4n) is 4.26. The summed E-state index contributed by atoms with van der Waals surface area (Å²) in [6, 6.07) is 4.06. The molecular weight excluding hydrogens is 598 g/mol. The highest BCUT2D eigenvalue weighted by atomic mass is 32.2. The molecule has 2 aromatic rings. The largest absolute Gasteiger partial charge is 0.618 e. The van der Waals surface area contributed by atoms with Crippen molar-refractivity contribution in [2.45, 2.75) is 22.5 Å². The number of aromatic nitrogens is 1. The Bertz CT molecular complexity index is 1470. The number of carbonyl (C=O) groups excluding carboxylic acids is 5. The summed E-state index contributed by atoms with van der Waals surface area (Å²) in [6.45, 7) is -0.393. The fourth-order valence-corrected chi connectivity index (χ4v) is 7.43. The molecule has 3 aliphatic rings. The number of hydrogen-bond donors (Lipinski definition) is 5. The number of thioether (sulfide) groups is 2. The van der Waals surface area contributed by atoms with Crippen LogP contribution in [-0.4, -0.2) is 80.2 Å². The second-order valence-corrected chi connectivity index (χ2v) is 11.9. The Hall–Kier alpha value is -4.29. The molecule has 7 amide bonds. The number of nitrogens with one attached hydrogen (secondary N) is 4. The topological polar surface area (TPSA) is 204 Å². The van der Waals surface area contributed by atoms with E-state index in [0.29, 0.717) is 20.2 Å². The molecule has 5 rings (SSSR count). The second-order valence-electron chi connectivity index (χ2n) is 8.78. The molecule has 5 heterocycles. The first-order valence-electron chi connectivity index (χ1n) is 11.9. The number of hydrogen-bond acceptors (Lipinski definition) is 10. The molecule has 2 fully saturated rings. The maximum Gasteiger partial charge on any atom is 0.352 e. The lowest BCUT2D eigenvalue weighted by Crippen LogP contribution is -2.71. The van der Waals surface area contributed by atoms with Crippen molar-refractivity contribution in [3.8, 4) is 0 Å². The van der Waals surface area contributed by atoms with E-state index in [1.807, 2.05) is 5.32 Å². The molecule has 3 atom stereocenters. The van der Waals surface area contributed by atoms with Gasteiger partial charge in [0.15, 0.2) is 6.20 Å². The van der Waals surface area contributed by atoms with Crippen LogP contribution in [0.2, 0.25) is 0 Å². The van der Waals surface area contributed by atoms with Gasteiger partial charge in [0, 0.05) is 28.5 Å². The van der Waals surface area contributed by atoms with E-state index < -0.39 is 59.8 Å². The fraction of sp³-hybridized carbons (Fsp3) is 0.261. The average molecular weight is 620 g/mol. The summed E-state index contributed by atoms with van der Waals surface area (Å²) < 4.78 is 0.669. The summed E-state index contributed by atoms with van der Waals surface area (Å²) in [6.07, 6.45) is 1.33. The molecule has 2 aromatic heterocycles. The van der Waals surface area contributed by atoms with E-state index in [1.54, 1.807) is 35.7 Å². The molecule has 41 heavy (non-hydrogen) atoms. The van der Waals surface area contributed by atoms with Gasteiger partial charge in [-0.15, -0.1) is 23.1 Å². The summed E-state index contributed by atoms with van der Waals surface area (Å²) in [5, 5.41) is 31.0. The number of rotatable bonds is 9. The molecule has 0 aliphatic carbocycles. The lowest BCUT2D eigenvalue weighted by molar-refractivity contribution is -0.645. The first-order chi connectivity index (χ1) is 19.6. The third-order valence-electron chi connectivity index (χ3n) is 6.13. The normalized spacial score (nSPS) is 20.6. The quantitative estimate of drug-likeness (QED) is 0.0816. The van der Waals surface area contributed by atoms with Crippen molar-refractivity contribution in [2.75, 3.05) is 18.1 Å². The van der Waals surface area contributed by atoms with Crippen LogP contribution in [0, 0.1) is 5.21 Å². The number of carboxylic acids is 1. The zero-order valence-electron chi connectivity index (χ0n) is 20.8. The molecule has 0 radical (unpaired) electrons. The molecule has 2 saturated heterocycles. The van der Waals surface area contributed by atoms with Crippen molar-refractivity contribution in [1.82, 2.24) is 31.3 Å². The van der Waals surface area contributed by atoms with Gasteiger partial charge in [0.25, 0.3) is 10.9 Å². The van der Waals surface area contributed by atoms with Crippen molar-refractivity contribution in [2.24, 2.45) is 0 Å². The minimum Gasteiger partial charge on any atom is -0.618 e. The summed E-state index contributed by atoms with van der Waals surface area (Å²) in [5.74, 6) is -2.83. The molecule has 15 nitrogen and oxygen atoms in total. The Morgan fingerprint density at radius 3 is 2.68 bits per heavy atom. The Labute approximate surface area is 243 Å². The highest BCUT2D eigenvalue weighted by Crippen LogP contribution is 2.41. The number of imide groups is 1. The summed E-state index contributed by atoms with van der Waals surface area (Å²) in [5.41, 5.74) is 2.47. The second kappa shape index (κ2) is 11.7. The van der Waals surface area contributed by atoms with E-state index in [-0.39, 0.29) is 17.2 Å². The van der Waals surface area contributed by atoms with Crippen LogP contribution < -0.4 is 26.1 Å². The molecule has 2 unspecified atom stereocenters. The van der Waals surface area contributed by atoms with Crippen LogP contribution in [0.15, 0.2) is 58.2 Å². The van der Waals surface area contributed by atoms with Crippen LogP contribution >= 0.6 is 34.9 Å². The van der Waals surface area contributed by atoms with Gasteiger partial charge in [-0.2, -0.15) is 4.73 Å². The zero-order valence-corrected chi connectivity index (χ0v) is 23.2. The van der Waals surface area contributed by atoms with Gasteiger partial charge in [-0.3, -0.25) is 24.6 Å². The van der Waals surface area contributed by atoms with Crippen LogP contribution in [0.1, 0.15) is 10.9 Å². The summed E-state index contributed by atoms with van der Waals surface area (Å²) >= 11 is 3.59. The third-order valence-corrected chi connectivity index (χ3v) is 9.51. The van der Waals surface area contributed by atoms with Gasteiger partial charge in [0.1, 0.15) is 29.7 Å². The number of nitrogens with zero attached hydrogens (tertiary/aromatic N) is 3. The number of hydrazine groups is 1. The minimum absolute atomic E-state index is 0.175. The molecule has 0 aromatic carbocycles. The Morgan fingerprint density at radius 2 is 2.02 bits per heavy atom. The highest BCUT2D eigenvalue weighted by Gasteiger charge is 2.54. The van der Waals surface area contributed by atoms with E-state index in [1.165, 1.54) is 29.3 Å². The van der Waals surface area contributed by atoms with Gasteiger partial charge in [-0.05, 0) is 23.1 Å². The maximum absolute atomic E-state index is 13.3. The van der Waals surface area contributed by atoms with E-state index in [9.17, 15) is 39.1 Å². The number of carboxylic acid groups (broad SMARTS) is 1. The van der Waals surface area contributed by atoms with Crippen LogP contribution in [-0.2, 0) is 19.2 Å². The number of urea groups is 2. The first-order valence-corrected chi connectivity index (χ1v) is 14.8. The molecule has 0 saturated carbocycles. The standard InChI is InChI=1S/C23H21N7O8S3/c31-13-8-28(23(37)24-13)27-22(36)26-15(12-4-3-7-39-12)18(32)25-16-19(33)30-17(21(34)35)11(10-41-20(16)30)9-40-14-5-1-2-6-29(14)38/h1-7,15-16,20H,8-10H2,(H,25,32)(H,34,35)(H,24,31,37)(H2,26,27,36)/t15?,16-,20?/m0/s1. The first kappa shape index (κ1) is 28.2. The third kappa shape index (κ3) is 5.79. The van der Waals surface area contributed by atoms with Crippen LogP contribution in [0.25, 0.3) is 0 Å². The van der Waals surface area contributed by atoms with E-state index >= 15 is 0 Å². The monoisotopic (exact) mass is 619 g/mol. The number of fused-ring (bicyclic) bond motifs is 1. The molecule has 18 heteroatoms. The zero-order chi connectivity index (χ0) is 29.3. The summed E-state index contributed by atoms with van der Waals surface area (Å²) in [7, 11) is 0. The Morgan fingerprint density at radius 1 is 1.22 bits per heavy atom. The van der Waals surface area contributed by atoms with Crippen LogP contribution in [0.3, 0.4) is 0 Å². The number of pyridine rings is 1. The van der Waals surface area contributed by atoms with Crippen LogP contribution in [0.5, 0.6) is 0 Å². The molecular formula is C23H21N7O8S3. The van der Waals surface area contributed by atoms with Crippen molar-refractivity contribution in [3.05, 3.63) is 63.3 Å². The van der Waals surface area contributed by atoms with Gasteiger partial charge in [0.2, 0.25) is 11.8 Å². The molecule has 5 N–H and O–H groups in total. The lowest BCUT2D eigenvalue weighted by Gasteiger charge is -2.49. The molecule has 0 spiro atoms. The van der Waals surface area contributed by atoms with Gasteiger partial charge >= 0.3 is 18.0 Å². The van der Waals surface area contributed by atoms with E-state index in [4.69, 9.17) is 0 Å². The predicted molar refractivity (Wildman–Crippen MR) is 145 cm³/mol. The Balaban J connectivity index is 1.26. The predicted octanol–water partition coefficient (Wildman–Crippen LogP) is -0.280. The SMILES string of the molecule is O=C1CN(NC(=O)NC(C(=O)N[C@H]2C(=O)N3C(C(=O)O)=C(CSc4cccc[n+]4[O-])CSC23)c2cccs2)C(=O)N1. The number of β-lactam (4-membered cyclic amide) rings is 1. The number of aliphatic carboxylic acids is 1. The van der Waals surface area contributed by atoms with Crippen LogP contribution in [0.4, 0.5) is 9.59 Å². The van der Waals surface area contributed by atoms with Gasteiger partial charge in [0.05, 0.1) is 0 Å². The minimum atomic E-state index is -1.30. The van der Waals surface area contributed by atoms with E-state index in [2.05, 4.69) is 16.1 Å². The lowest BCUT2D eigenvalue weighted by atomic mass is 10.0. The summed E-state index contributed by atoms with van der Waals surface area (Å²) in [4.78, 5) is 75.7. The molecule has 0 bridgehead atoms. The smallest absolute Gasteiger partial charge is 0.352 e. The van der Waals surface area contributed by atoms with E-state index in [0.717, 1.165) is 21.7 Å². The van der Waals surface area contributed by atoms with Gasteiger partial charge in [-0.25, -0.2) is 24.8 Å². The number of thiophene rings is 1. The van der Waals surface area contributed by atoms with Crippen molar-refractivity contribution < 1.29 is 38.6 Å². The van der Waals surface area contributed by atoms with Gasteiger partial charge in [-0.1, -0.05) is 17.8 Å². The average Bonchev–Trinajstić information content (AvgIpc) is 3.58. The number of carbonyl (C=O) groups is 6. The van der Waals surface area contributed by atoms with Crippen molar-refractivity contribution in [3.63, 3.8) is 0 Å². The van der Waals surface area contributed by atoms with Crippen molar-refractivity contribution >= 4 is 70.6 Å². The molecule has 3 aliphatic heterocycles. The van der Waals surface area contributed by atoms with Gasteiger partial charge < -0.3 is 20.9 Å². The molecule has 214 valence electrons. The number of amides is 7. The van der Waals surface area contributed by atoms with Crippen molar-refractivity contribution in [1.29, 1.82) is 0 Å².